The maximum atomic E-state index is 5.25. The molecule has 108 valence electrons. The molecule has 0 aliphatic rings. The Kier molecular flexibility index (Phi) is 3.68. The molecule has 0 aliphatic carbocycles. The summed E-state index contributed by atoms with van der Waals surface area (Å²) in [4.78, 5) is 0. The Morgan fingerprint density at radius 3 is 2.15 bits per heavy atom. The molecule has 0 saturated carbocycles. The normalized spacial score (nSPS) is 12.5. The van der Waals surface area contributed by atoms with E-state index in [4.69, 9.17) is 4.42 Å². The monoisotopic (exact) mass is 271 g/mol. The zero-order valence-electron chi connectivity index (χ0n) is 13.4. The molecule has 2 rings (SSSR count). The second-order valence-electron chi connectivity index (χ2n) is 7.40. The van der Waals surface area contributed by atoms with E-state index in [0.717, 1.165) is 11.3 Å². The van der Waals surface area contributed by atoms with Crippen molar-refractivity contribution in [2.45, 2.75) is 52.5 Å². The van der Waals surface area contributed by atoms with Gasteiger partial charge in [0.1, 0.15) is 0 Å². The quantitative estimate of drug-likeness (QED) is 0.785. The molecule has 1 aromatic heterocycles. The summed E-state index contributed by atoms with van der Waals surface area (Å²) >= 11 is 0. The Bertz CT molecular complexity index is 568. The summed E-state index contributed by atoms with van der Waals surface area (Å²) in [6.07, 6.45) is 3.52. The minimum absolute atomic E-state index is 0.0295. The van der Waals surface area contributed by atoms with Gasteiger partial charge in [0, 0.05) is 22.4 Å². The standard InChI is InChI=1S/C18H25NO/c1-17(2,3)14-7-8-16(19-18(4,5)6)15(11-14)13-9-10-20-12-13/h7-12,19H,1-6H3. The van der Waals surface area contributed by atoms with Crippen molar-refractivity contribution in [3.63, 3.8) is 0 Å². The van der Waals surface area contributed by atoms with Crippen molar-refractivity contribution in [1.29, 1.82) is 0 Å². The van der Waals surface area contributed by atoms with Crippen LogP contribution in [0.5, 0.6) is 0 Å². The molecule has 0 aliphatic heterocycles. The van der Waals surface area contributed by atoms with Gasteiger partial charge in [0.15, 0.2) is 0 Å². The van der Waals surface area contributed by atoms with E-state index >= 15 is 0 Å². The van der Waals surface area contributed by atoms with Crippen LogP contribution in [0.1, 0.15) is 47.1 Å². The van der Waals surface area contributed by atoms with Crippen LogP contribution in [0.25, 0.3) is 11.1 Å². The summed E-state index contributed by atoms with van der Waals surface area (Å²) < 4.78 is 5.25. The lowest BCUT2D eigenvalue weighted by Crippen LogP contribution is -2.26. The van der Waals surface area contributed by atoms with E-state index in [0.29, 0.717) is 0 Å². The number of hydrogen-bond acceptors (Lipinski definition) is 2. The molecule has 1 N–H and O–H groups in total. The molecular formula is C18H25NO. The van der Waals surface area contributed by atoms with Gasteiger partial charge in [0.25, 0.3) is 0 Å². The fourth-order valence-corrected chi connectivity index (χ4v) is 2.18. The van der Waals surface area contributed by atoms with E-state index in [1.165, 1.54) is 11.1 Å². The van der Waals surface area contributed by atoms with Gasteiger partial charge in [-0.05, 0) is 49.9 Å². The van der Waals surface area contributed by atoms with Crippen molar-refractivity contribution in [3.8, 4) is 11.1 Å². The fourth-order valence-electron chi connectivity index (χ4n) is 2.18. The minimum atomic E-state index is 0.0295. The molecule has 0 radical (unpaired) electrons. The summed E-state index contributed by atoms with van der Waals surface area (Å²) in [5.41, 5.74) is 4.95. The van der Waals surface area contributed by atoms with Gasteiger partial charge in [-0.15, -0.1) is 0 Å². The Labute approximate surface area is 122 Å². The summed E-state index contributed by atoms with van der Waals surface area (Å²) in [5.74, 6) is 0. The van der Waals surface area contributed by atoms with E-state index in [1.807, 2.05) is 6.07 Å². The first-order valence-electron chi connectivity index (χ1n) is 7.12. The molecule has 2 aromatic rings. The van der Waals surface area contributed by atoms with Crippen molar-refractivity contribution in [2.75, 3.05) is 5.32 Å². The van der Waals surface area contributed by atoms with Gasteiger partial charge in [-0.1, -0.05) is 26.8 Å². The maximum absolute atomic E-state index is 5.25. The molecule has 1 aromatic carbocycles. The summed E-state index contributed by atoms with van der Waals surface area (Å²) in [6.45, 7) is 13.2. The lowest BCUT2D eigenvalue weighted by Gasteiger charge is -2.26. The highest BCUT2D eigenvalue weighted by Crippen LogP contribution is 2.34. The van der Waals surface area contributed by atoms with Crippen LogP contribution in [0.4, 0.5) is 5.69 Å². The van der Waals surface area contributed by atoms with E-state index in [-0.39, 0.29) is 11.0 Å². The van der Waals surface area contributed by atoms with Crippen LogP contribution in [0.2, 0.25) is 0 Å². The predicted molar refractivity (Wildman–Crippen MR) is 86.2 cm³/mol. The van der Waals surface area contributed by atoms with E-state index in [1.54, 1.807) is 12.5 Å². The second kappa shape index (κ2) is 5.01. The lowest BCUT2D eigenvalue weighted by molar-refractivity contribution is 0.568. The Hall–Kier alpha value is -1.70. The molecule has 0 unspecified atom stereocenters. The number of furan rings is 1. The number of rotatable bonds is 2. The highest BCUT2D eigenvalue weighted by molar-refractivity contribution is 5.78. The minimum Gasteiger partial charge on any atom is -0.472 e. The molecule has 2 heteroatoms. The van der Waals surface area contributed by atoms with Crippen LogP contribution in [-0.2, 0) is 5.41 Å². The molecular weight excluding hydrogens is 246 g/mol. The summed E-state index contributed by atoms with van der Waals surface area (Å²) in [6, 6.07) is 8.65. The third kappa shape index (κ3) is 3.44. The molecule has 0 amide bonds. The highest BCUT2D eigenvalue weighted by Gasteiger charge is 2.18. The Balaban J connectivity index is 2.53. The summed E-state index contributed by atoms with van der Waals surface area (Å²) in [7, 11) is 0. The molecule has 0 spiro atoms. The van der Waals surface area contributed by atoms with Crippen LogP contribution < -0.4 is 5.32 Å². The average molecular weight is 271 g/mol. The molecule has 0 atom stereocenters. The van der Waals surface area contributed by atoms with E-state index < -0.39 is 0 Å². The van der Waals surface area contributed by atoms with Gasteiger partial charge < -0.3 is 9.73 Å². The van der Waals surface area contributed by atoms with Crippen LogP contribution in [0, 0.1) is 0 Å². The van der Waals surface area contributed by atoms with E-state index in [2.05, 4.69) is 65.1 Å². The maximum Gasteiger partial charge on any atom is 0.0981 e. The smallest absolute Gasteiger partial charge is 0.0981 e. The van der Waals surface area contributed by atoms with Gasteiger partial charge in [0.05, 0.1) is 12.5 Å². The first-order valence-corrected chi connectivity index (χ1v) is 7.12. The molecule has 0 saturated heterocycles. The molecule has 20 heavy (non-hydrogen) atoms. The largest absolute Gasteiger partial charge is 0.472 e. The number of hydrogen-bond donors (Lipinski definition) is 1. The number of anilines is 1. The molecule has 0 fully saturated rings. The second-order valence-corrected chi connectivity index (χ2v) is 7.40. The van der Waals surface area contributed by atoms with Gasteiger partial charge >= 0.3 is 0 Å². The van der Waals surface area contributed by atoms with Crippen molar-refractivity contribution in [2.24, 2.45) is 0 Å². The molecule has 1 heterocycles. The van der Waals surface area contributed by atoms with Gasteiger partial charge in [-0.2, -0.15) is 0 Å². The molecule has 2 nitrogen and oxygen atoms in total. The number of benzene rings is 1. The summed E-state index contributed by atoms with van der Waals surface area (Å²) in [5, 5.41) is 3.58. The van der Waals surface area contributed by atoms with Crippen LogP contribution in [0.15, 0.2) is 41.2 Å². The van der Waals surface area contributed by atoms with Crippen molar-refractivity contribution in [1.82, 2.24) is 0 Å². The first kappa shape index (κ1) is 14.7. The zero-order valence-corrected chi connectivity index (χ0v) is 13.4. The Morgan fingerprint density at radius 1 is 0.950 bits per heavy atom. The van der Waals surface area contributed by atoms with E-state index in [9.17, 15) is 0 Å². The SMILES string of the molecule is CC(C)(C)Nc1ccc(C(C)(C)C)cc1-c1ccoc1. The highest BCUT2D eigenvalue weighted by atomic mass is 16.3. The third-order valence-corrected chi connectivity index (χ3v) is 3.23. The van der Waals surface area contributed by atoms with Crippen LogP contribution >= 0.6 is 0 Å². The topological polar surface area (TPSA) is 25.2 Å². The van der Waals surface area contributed by atoms with Crippen LogP contribution in [0.3, 0.4) is 0 Å². The van der Waals surface area contributed by atoms with Gasteiger partial charge in [0.2, 0.25) is 0 Å². The Morgan fingerprint density at radius 2 is 1.65 bits per heavy atom. The third-order valence-electron chi connectivity index (χ3n) is 3.23. The number of nitrogens with one attached hydrogen (secondary N) is 1. The first-order chi connectivity index (χ1) is 9.17. The van der Waals surface area contributed by atoms with Crippen LogP contribution in [-0.4, -0.2) is 5.54 Å². The van der Waals surface area contributed by atoms with Crippen molar-refractivity contribution < 1.29 is 4.42 Å². The van der Waals surface area contributed by atoms with Crippen molar-refractivity contribution >= 4 is 5.69 Å². The average Bonchev–Trinajstić information content (AvgIpc) is 2.79. The lowest BCUT2D eigenvalue weighted by atomic mass is 9.85. The van der Waals surface area contributed by atoms with Gasteiger partial charge in [-0.3, -0.25) is 0 Å². The zero-order chi connectivity index (χ0) is 15.0. The predicted octanol–water partition coefficient (Wildman–Crippen LogP) is 5.45. The van der Waals surface area contributed by atoms with Gasteiger partial charge in [-0.25, -0.2) is 0 Å². The van der Waals surface area contributed by atoms with Crippen molar-refractivity contribution in [3.05, 3.63) is 42.4 Å². The fraction of sp³-hybridized carbons (Fsp3) is 0.444. The molecule has 0 bridgehead atoms.